The Kier molecular flexibility index (Phi) is 21.5. The summed E-state index contributed by atoms with van der Waals surface area (Å²) in [5.41, 5.74) is -1.46. The third-order valence-electron chi connectivity index (χ3n) is 12.9. The van der Waals surface area contributed by atoms with Crippen molar-refractivity contribution < 1.29 is 72.0 Å². The van der Waals surface area contributed by atoms with E-state index in [1.807, 2.05) is 66.1 Å². The molecule has 4 rings (SSSR count). The maximum absolute atomic E-state index is 13.3. The van der Waals surface area contributed by atoms with Gasteiger partial charge in [0.25, 0.3) is 0 Å². The summed E-state index contributed by atoms with van der Waals surface area (Å²) in [5, 5.41) is 23.5. The largest absolute Gasteiger partial charge is 0.462 e. The van der Waals surface area contributed by atoms with E-state index in [0.717, 1.165) is 12.7 Å². The highest BCUT2D eigenvalue weighted by atomic mass is 16.7. The van der Waals surface area contributed by atoms with Crippen LogP contribution in [-0.4, -0.2) is 170 Å². The fourth-order valence-corrected chi connectivity index (χ4v) is 9.40. The second-order valence-electron chi connectivity index (χ2n) is 19.7. The molecule has 0 aromatic rings. The Morgan fingerprint density at radius 3 is 2.29 bits per heavy atom. The number of allylic oxidation sites excluding steroid dienone is 2. The first kappa shape index (κ1) is 54.8. The minimum atomic E-state index is -1.46. The van der Waals surface area contributed by atoms with Crippen LogP contribution in [0.1, 0.15) is 113 Å². The number of ether oxygens (including phenoxy) is 9. The second kappa shape index (κ2) is 25.5. The van der Waals surface area contributed by atoms with Crippen molar-refractivity contribution >= 4 is 24.2 Å². The van der Waals surface area contributed by atoms with Crippen molar-refractivity contribution in [1.29, 1.82) is 0 Å². The summed E-state index contributed by atoms with van der Waals surface area (Å²) in [5.74, 6) is -2.23. The number of carbonyl (C=O) groups is 4. The smallest absolute Gasteiger partial charge is 0.309 e. The number of nitrogens with zero attached hydrogens (tertiary/aromatic N) is 2. The zero-order valence-electron chi connectivity index (χ0n) is 40.9. The van der Waals surface area contributed by atoms with Crippen LogP contribution >= 0.6 is 0 Å². The average molecular weight is 925 g/mol. The molecule has 17 atom stereocenters. The number of aliphatic hydroxyl groups excluding tert-OH is 1. The van der Waals surface area contributed by atoms with Crippen molar-refractivity contribution in [2.45, 2.75) is 205 Å². The van der Waals surface area contributed by atoms with Crippen molar-refractivity contribution in [3.8, 4) is 0 Å². The average Bonchev–Trinajstić information content (AvgIpc) is 3.18. The summed E-state index contributed by atoms with van der Waals surface area (Å²) < 4.78 is 55.8. The molecule has 0 amide bonds. The zero-order valence-corrected chi connectivity index (χ0v) is 40.9. The summed E-state index contributed by atoms with van der Waals surface area (Å²) in [6, 6.07) is -0.472. The molecule has 2 N–H and O–H groups in total. The Morgan fingerprint density at radius 2 is 1.68 bits per heavy atom. The van der Waals surface area contributed by atoms with E-state index in [4.69, 9.17) is 42.6 Å². The van der Waals surface area contributed by atoms with Crippen molar-refractivity contribution in [2.75, 3.05) is 34.8 Å². The molecule has 0 aromatic carbocycles. The van der Waals surface area contributed by atoms with E-state index in [1.54, 1.807) is 39.8 Å². The van der Waals surface area contributed by atoms with Gasteiger partial charge in [0.15, 0.2) is 25.0 Å². The second-order valence-corrected chi connectivity index (χ2v) is 19.7. The van der Waals surface area contributed by atoms with Gasteiger partial charge in [-0.1, -0.05) is 45.1 Å². The van der Waals surface area contributed by atoms with Gasteiger partial charge >= 0.3 is 17.9 Å². The molecule has 17 heteroatoms. The van der Waals surface area contributed by atoms with E-state index in [2.05, 4.69) is 4.90 Å². The van der Waals surface area contributed by atoms with Crippen molar-refractivity contribution in [2.24, 2.45) is 17.8 Å². The Labute approximate surface area is 386 Å². The van der Waals surface area contributed by atoms with Gasteiger partial charge in [0, 0.05) is 45.1 Å². The molecule has 0 saturated carbocycles. The molecule has 1 unspecified atom stereocenters. The van der Waals surface area contributed by atoms with Crippen LogP contribution in [0.15, 0.2) is 24.3 Å². The van der Waals surface area contributed by atoms with Crippen LogP contribution in [0.2, 0.25) is 0 Å². The van der Waals surface area contributed by atoms with Gasteiger partial charge in [-0.2, -0.15) is 0 Å². The standard InChI is InChI=1S/C48H80N2O15/c1-28(2)22-40(53)64-39-27-57-43(26-48(39,8)56)65-46-32(6)60-47(45(55)44(46)50(11)12)63-38-24-35(61-33(7)52)25-41(54)58-30(4)16-14-13-15-17-37(29(3)23-34(38)20-21-51)62-42-19-18-36(49(9)10)31(5)59-42/h13-15,17,21,28-32,34-39,42-47,55-56H,16,18-20,22-27H2,1-12H3/b14-13-,17-15+/t29-,30-,31-,32-,34+,35+,36+,37-,38?,39-,42+,43-,44-,45-,46-,47+,48+/m1/s1. The molecule has 4 aliphatic heterocycles. The summed E-state index contributed by atoms with van der Waals surface area (Å²) in [6.07, 6.45) is 1.66. The summed E-state index contributed by atoms with van der Waals surface area (Å²) >= 11 is 0. The topological polar surface area (TPSA) is 198 Å². The van der Waals surface area contributed by atoms with Crippen molar-refractivity contribution in [3.05, 3.63) is 24.3 Å². The molecule has 4 aliphatic rings. The van der Waals surface area contributed by atoms with Crippen LogP contribution in [0.5, 0.6) is 0 Å². The Hall–Kier alpha value is -2.84. The van der Waals surface area contributed by atoms with E-state index in [-0.39, 0.29) is 62.7 Å². The molecule has 3 fully saturated rings. The normalized spacial score (nSPS) is 40.2. The zero-order chi connectivity index (χ0) is 48.2. The van der Waals surface area contributed by atoms with Crippen molar-refractivity contribution in [1.82, 2.24) is 9.80 Å². The number of hydrogen-bond donors (Lipinski definition) is 2. The van der Waals surface area contributed by atoms with Crippen molar-refractivity contribution in [3.63, 3.8) is 0 Å². The van der Waals surface area contributed by atoms with E-state index < -0.39 is 103 Å². The van der Waals surface area contributed by atoms with E-state index in [1.165, 1.54) is 6.92 Å². The highest BCUT2D eigenvalue weighted by Gasteiger charge is 2.51. The molecular formula is C48H80N2O15. The molecule has 65 heavy (non-hydrogen) atoms. The van der Waals surface area contributed by atoms with Gasteiger partial charge in [0.1, 0.15) is 36.3 Å². The summed E-state index contributed by atoms with van der Waals surface area (Å²) in [6.45, 7) is 14.2. The van der Waals surface area contributed by atoms with E-state index in [9.17, 15) is 29.4 Å². The number of hydrogen-bond acceptors (Lipinski definition) is 17. The maximum atomic E-state index is 13.3. The molecular weight excluding hydrogens is 845 g/mol. The molecule has 0 radical (unpaired) electrons. The first-order valence-electron chi connectivity index (χ1n) is 23.5. The van der Waals surface area contributed by atoms with Crippen LogP contribution in [0.25, 0.3) is 0 Å². The van der Waals surface area contributed by atoms with Crippen LogP contribution in [0, 0.1) is 17.8 Å². The Bertz CT molecular complexity index is 1570. The molecule has 0 bridgehead atoms. The molecule has 0 aliphatic carbocycles. The predicted molar refractivity (Wildman–Crippen MR) is 239 cm³/mol. The minimum Gasteiger partial charge on any atom is -0.462 e. The number of rotatable bonds is 14. The van der Waals surface area contributed by atoms with Gasteiger partial charge in [-0.15, -0.1) is 0 Å². The van der Waals surface area contributed by atoms with Crippen LogP contribution in [0.4, 0.5) is 0 Å². The maximum Gasteiger partial charge on any atom is 0.309 e. The van der Waals surface area contributed by atoms with Crippen LogP contribution < -0.4 is 0 Å². The number of cyclic esters (lactones) is 1. The SMILES string of the molecule is CC(=O)O[C@@H]1CC(=O)O[C@H](C)C/C=C\C=C\[C@@H](O[C@H]2CC[C@H](N(C)C)[C@@H](C)O2)[C@H](C)C[C@H](CC=O)C(O[C@@H]2O[C@H](C)[C@@H](O[C@@H]3C[C@](C)(O)[C@H](OC(=O)CC(C)C)CO3)[C@H](N(C)C)[C@H]2O)C1. The van der Waals surface area contributed by atoms with E-state index in [0.29, 0.717) is 19.3 Å². The monoisotopic (exact) mass is 925 g/mol. The third kappa shape index (κ3) is 16.7. The van der Waals surface area contributed by atoms with Gasteiger partial charge < -0.3 is 67.4 Å². The highest BCUT2D eigenvalue weighted by Crippen LogP contribution is 2.37. The Morgan fingerprint density at radius 1 is 0.954 bits per heavy atom. The van der Waals surface area contributed by atoms with Gasteiger partial charge in [0.2, 0.25) is 0 Å². The fourth-order valence-electron chi connectivity index (χ4n) is 9.40. The lowest BCUT2D eigenvalue weighted by Crippen LogP contribution is -2.65. The lowest BCUT2D eigenvalue weighted by atomic mass is 9.83. The lowest BCUT2D eigenvalue weighted by Gasteiger charge is -2.49. The van der Waals surface area contributed by atoms with Crippen LogP contribution in [-0.2, 0) is 61.8 Å². The molecule has 4 heterocycles. The van der Waals surface area contributed by atoms with E-state index >= 15 is 0 Å². The quantitative estimate of drug-likeness (QED) is 0.140. The fraction of sp³-hybridized carbons (Fsp3) is 0.833. The summed E-state index contributed by atoms with van der Waals surface area (Å²) in [4.78, 5) is 54.8. The number of carbonyl (C=O) groups excluding carboxylic acids is 4. The summed E-state index contributed by atoms with van der Waals surface area (Å²) in [7, 11) is 7.65. The molecule has 17 nitrogen and oxygen atoms in total. The lowest BCUT2D eigenvalue weighted by molar-refractivity contribution is -0.333. The first-order chi connectivity index (χ1) is 30.6. The number of likely N-dealkylation sites (N-methyl/N-ethyl adjacent to an activating group) is 2. The first-order valence-corrected chi connectivity index (χ1v) is 23.5. The van der Waals surface area contributed by atoms with Gasteiger partial charge in [-0.3, -0.25) is 14.4 Å². The number of esters is 3. The third-order valence-corrected chi connectivity index (χ3v) is 12.9. The molecule has 372 valence electrons. The van der Waals surface area contributed by atoms with Gasteiger partial charge in [-0.25, -0.2) is 0 Å². The number of aliphatic hydroxyl groups is 2. The van der Waals surface area contributed by atoms with Gasteiger partial charge in [-0.05, 0) is 92.9 Å². The predicted octanol–water partition coefficient (Wildman–Crippen LogP) is 4.48. The molecule has 3 saturated heterocycles. The Balaban J connectivity index is 1.62. The number of aldehydes is 1. The molecule has 0 aromatic heterocycles. The highest BCUT2D eigenvalue weighted by molar-refractivity contribution is 5.71. The molecule has 0 spiro atoms. The van der Waals surface area contributed by atoms with Crippen LogP contribution in [0.3, 0.4) is 0 Å². The van der Waals surface area contributed by atoms with Gasteiger partial charge in [0.05, 0.1) is 43.5 Å². The minimum absolute atomic E-state index is 0.0168.